The molecule has 0 saturated heterocycles. The molecule has 0 unspecified atom stereocenters. The van der Waals surface area contributed by atoms with Gasteiger partial charge in [0.25, 0.3) is 0 Å². The lowest BCUT2D eigenvalue weighted by Gasteiger charge is -2.14. The fourth-order valence-electron chi connectivity index (χ4n) is 1.74. The second-order valence-corrected chi connectivity index (χ2v) is 5.53. The first-order chi connectivity index (χ1) is 8.65. The van der Waals surface area contributed by atoms with E-state index in [1.807, 2.05) is 12.1 Å². The summed E-state index contributed by atoms with van der Waals surface area (Å²) >= 11 is 2.29. The highest BCUT2D eigenvalue weighted by molar-refractivity contribution is 14.1. The molecule has 0 spiro atoms. The van der Waals surface area contributed by atoms with Crippen LogP contribution in [0, 0.1) is 9.39 Å². The van der Waals surface area contributed by atoms with Gasteiger partial charge in [-0.2, -0.15) is 0 Å². The first-order valence-electron chi connectivity index (χ1n) is 5.88. The van der Waals surface area contributed by atoms with Gasteiger partial charge in [0.1, 0.15) is 5.82 Å². The van der Waals surface area contributed by atoms with Crippen LogP contribution in [0.5, 0.6) is 0 Å². The van der Waals surface area contributed by atoms with Crippen molar-refractivity contribution in [1.82, 2.24) is 5.32 Å². The summed E-state index contributed by atoms with van der Waals surface area (Å²) in [6.45, 7) is 2.90. The molecule has 3 heteroatoms. The van der Waals surface area contributed by atoms with Crippen molar-refractivity contribution in [2.45, 2.75) is 19.5 Å². The standard InChI is InChI=1S/C15H15FIN/c1-11(13-4-6-14(16)7-5-13)18-10-12-2-8-15(17)9-3-12/h2-9,11,18H,10H2,1H3/t11-/m1/s1. The van der Waals surface area contributed by atoms with Crippen LogP contribution in [0.2, 0.25) is 0 Å². The highest BCUT2D eigenvalue weighted by Gasteiger charge is 2.04. The number of hydrogen-bond donors (Lipinski definition) is 1. The smallest absolute Gasteiger partial charge is 0.123 e. The van der Waals surface area contributed by atoms with E-state index in [-0.39, 0.29) is 11.9 Å². The molecule has 2 aromatic carbocycles. The molecule has 0 amide bonds. The molecule has 18 heavy (non-hydrogen) atoms. The van der Waals surface area contributed by atoms with Crippen LogP contribution in [0.3, 0.4) is 0 Å². The average Bonchev–Trinajstić information content (AvgIpc) is 2.38. The van der Waals surface area contributed by atoms with E-state index < -0.39 is 0 Å². The average molecular weight is 355 g/mol. The minimum absolute atomic E-state index is 0.191. The van der Waals surface area contributed by atoms with Crippen molar-refractivity contribution in [3.8, 4) is 0 Å². The quantitative estimate of drug-likeness (QED) is 0.808. The Kier molecular flexibility index (Phi) is 4.72. The molecule has 0 aromatic heterocycles. The largest absolute Gasteiger partial charge is 0.306 e. The van der Waals surface area contributed by atoms with Gasteiger partial charge in [0.15, 0.2) is 0 Å². The second-order valence-electron chi connectivity index (χ2n) is 4.28. The van der Waals surface area contributed by atoms with Crippen LogP contribution in [0.1, 0.15) is 24.1 Å². The normalized spacial score (nSPS) is 12.4. The molecule has 0 saturated carbocycles. The molecule has 1 N–H and O–H groups in total. The van der Waals surface area contributed by atoms with Crippen LogP contribution in [0.15, 0.2) is 48.5 Å². The zero-order chi connectivity index (χ0) is 13.0. The number of benzene rings is 2. The Hall–Kier alpha value is -0.940. The van der Waals surface area contributed by atoms with Crippen LogP contribution >= 0.6 is 22.6 Å². The maximum Gasteiger partial charge on any atom is 0.123 e. The Morgan fingerprint density at radius 3 is 2.28 bits per heavy atom. The number of rotatable bonds is 4. The topological polar surface area (TPSA) is 12.0 Å². The lowest BCUT2D eigenvalue weighted by Crippen LogP contribution is -2.18. The third-order valence-corrected chi connectivity index (χ3v) is 3.61. The summed E-state index contributed by atoms with van der Waals surface area (Å²) in [6, 6.07) is 15.3. The Morgan fingerprint density at radius 1 is 1.06 bits per heavy atom. The maximum absolute atomic E-state index is 12.8. The summed E-state index contributed by atoms with van der Waals surface area (Å²) < 4.78 is 14.1. The van der Waals surface area contributed by atoms with Crippen LogP contribution in [-0.4, -0.2) is 0 Å². The van der Waals surface area contributed by atoms with E-state index in [0.29, 0.717) is 0 Å². The number of hydrogen-bond acceptors (Lipinski definition) is 1. The minimum Gasteiger partial charge on any atom is -0.306 e. The van der Waals surface area contributed by atoms with E-state index in [9.17, 15) is 4.39 Å². The first-order valence-corrected chi connectivity index (χ1v) is 6.96. The Bertz CT molecular complexity index is 493. The fraction of sp³-hybridized carbons (Fsp3) is 0.200. The Labute approximate surface area is 121 Å². The second kappa shape index (κ2) is 6.29. The van der Waals surface area contributed by atoms with Crippen molar-refractivity contribution in [1.29, 1.82) is 0 Å². The molecule has 0 heterocycles. The van der Waals surface area contributed by atoms with Gasteiger partial charge in [-0.25, -0.2) is 4.39 Å². The molecule has 94 valence electrons. The van der Waals surface area contributed by atoms with Crippen LogP contribution in [0.25, 0.3) is 0 Å². The molecule has 0 radical (unpaired) electrons. The zero-order valence-corrected chi connectivity index (χ0v) is 12.3. The summed E-state index contributed by atoms with van der Waals surface area (Å²) in [4.78, 5) is 0. The van der Waals surface area contributed by atoms with E-state index in [2.05, 4.69) is 59.1 Å². The monoisotopic (exact) mass is 355 g/mol. The van der Waals surface area contributed by atoms with E-state index in [1.54, 1.807) is 0 Å². The molecular weight excluding hydrogens is 340 g/mol. The van der Waals surface area contributed by atoms with Gasteiger partial charge in [-0.1, -0.05) is 24.3 Å². The van der Waals surface area contributed by atoms with Crippen molar-refractivity contribution >= 4 is 22.6 Å². The molecule has 0 fully saturated rings. The van der Waals surface area contributed by atoms with Gasteiger partial charge in [-0.05, 0) is 64.9 Å². The van der Waals surface area contributed by atoms with Gasteiger partial charge < -0.3 is 5.32 Å². The summed E-state index contributed by atoms with van der Waals surface area (Å²) in [6.07, 6.45) is 0. The van der Waals surface area contributed by atoms with Crippen LogP contribution in [0.4, 0.5) is 4.39 Å². The van der Waals surface area contributed by atoms with E-state index >= 15 is 0 Å². The summed E-state index contributed by atoms with van der Waals surface area (Å²) in [5, 5.41) is 3.43. The number of nitrogens with one attached hydrogen (secondary N) is 1. The van der Waals surface area contributed by atoms with Crippen molar-refractivity contribution in [2.24, 2.45) is 0 Å². The summed E-state index contributed by atoms with van der Waals surface area (Å²) in [7, 11) is 0. The minimum atomic E-state index is -0.191. The van der Waals surface area contributed by atoms with Gasteiger partial charge in [-0.15, -0.1) is 0 Å². The van der Waals surface area contributed by atoms with Gasteiger partial charge >= 0.3 is 0 Å². The molecular formula is C15H15FIN. The number of halogens is 2. The molecule has 2 aromatic rings. The molecule has 1 nitrogen and oxygen atoms in total. The molecule has 0 aliphatic rings. The van der Waals surface area contributed by atoms with E-state index in [4.69, 9.17) is 0 Å². The maximum atomic E-state index is 12.8. The van der Waals surface area contributed by atoms with Gasteiger partial charge in [0.05, 0.1) is 0 Å². The predicted octanol–water partition coefficient (Wildman–Crippen LogP) is 4.28. The van der Waals surface area contributed by atoms with Crippen LogP contribution < -0.4 is 5.32 Å². The molecule has 2 rings (SSSR count). The lowest BCUT2D eigenvalue weighted by molar-refractivity contribution is 0.571. The fourth-order valence-corrected chi connectivity index (χ4v) is 2.10. The molecule has 0 bridgehead atoms. The predicted molar refractivity (Wildman–Crippen MR) is 80.8 cm³/mol. The summed E-state index contributed by atoms with van der Waals surface area (Å²) in [5.74, 6) is -0.191. The Balaban J connectivity index is 1.93. The zero-order valence-electron chi connectivity index (χ0n) is 10.2. The highest BCUT2D eigenvalue weighted by Crippen LogP contribution is 2.14. The third-order valence-electron chi connectivity index (χ3n) is 2.90. The highest BCUT2D eigenvalue weighted by atomic mass is 127. The lowest BCUT2D eigenvalue weighted by atomic mass is 10.1. The third kappa shape index (κ3) is 3.78. The van der Waals surface area contributed by atoms with Crippen molar-refractivity contribution in [3.05, 3.63) is 69.0 Å². The molecule has 0 aliphatic heterocycles. The van der Waals surface area contributed by atoms with E-state index in [0.717, 1.165) is 12.1 Å². The van der Waals surface area contributed by atoms with Gasteiger partial charge in [0.2, 0.25) is 0 Å². The van der Waals surface area contributed by atoms with Crippen LogP contribution in [-0.2, 0) is 6.54 Å². The summed E-state index contributed by atoms with van der Waals surface area (Å²) in [5.41, 5.74) is 2.35. The van der Waals surface area contributed by atoms with Crippen molar-refractivity contribution in [2.75, 3.05) is 0 Å². The molecule has 1 atom stereocenters. The Morgan fingerprint density at radius 2 is 1.67 bits per heavy atom. The van der Waals surface area contributed by atoms with Crippen molar-refractivity contribution in [3.63, 3.8) is 0 Å². The van der Waals surface area contributed by atoms with Gasteiger partial charge in [0, 0.05) is 16.2 Å². The van der Waals surface area contributed by atoms with Crippen molar-refractivity contribution < 1.29 is 4.39 Å². The SMILES string of the molecule is C[C@@H](NCc1ccc(I)cc1)c1ccc(F)cc1. The first kappa shape index (κ1) is 13.5. The van der Waals surface area contributed by atoms with E-state index in [1.165, 1.54) is 21.3 Å². The van der Waals surface area contributed by atoms with Gasteiger partial charge in [-0.3, -0.25) is 0 Å². The molecule has 0 aliphatic carbocycles.